The number of nitrogens with one attached hydrogen (secondary N) is 1. The first-order valence-corrected chi connectivity index (χ1v) is 6.57. The molecule has 0 aliphatic carbocycles. The minimum absolute atomic E-state index is 0.528. The van der Waals surface area contributed by atoms with Crippen molar-refractivity contribution in [1.82, 2.24) is 14.9 Å². The van der Waals surface area contributed by atoms with Gasteiger partial charge in [-0.1, -0.05) is 12.1 Å². The molecule has 0 amide bonds. The van der Waals surface area contributed by atoms with Crippen LogP contribution in [0.4, 0.5) is 0 Å². The summed E-state index contributed by atoms with van der Waals surface area (Å²) in [6.45, 7) is 5.74. The fourth-order valence-electron chi connectivity index (χ4n) is 2.55. The number of hydrogen-bond donors (Lipinski definition) is 1. The van der Waals surface area contributed by atoms with Gasteiger partial charge in [0.15, 0.2) is 0 Å². The Balaban J connectivity index is 1.68. The molecule has 1 aliphatic heterocycles. The standard InChI is InChI=1S/C14H19N3O/c1-11-16-13-4-2-3-5-14(13)17(11)8-7-15-12-6-9-18-10-12/h2-5,12,15H,6-10H2,1H3. The number of rotatable bonds is 4. The quantitative estimate of drug-likeness (QED) is 0.891. The first-order valence-electron chi connectivity index (χ1n) is 6.57. The van der Waals surface area contributed by atoms with Crippen LogP contribution >= 0.6 is 0 Å². The molecule has 4 heteroatoms. The second-order valence-corrected chi connectivity index (χ2v) is 4.81. The molecule has 0 radical (unpaired) electrons. The van der Waals surface area contributed by atoms with Crippen LogP contribution in [-0.2, 0) is 11.3 Å². The summed E-state index contributed by atoms with van der Waals surface area (Å²) < 4.78 is 7.63. The number of para-hydroxylation sites is 2. The molecule has 18 heavy (non-hydrogen) atoms. The summed E-state index contributed by atoms with van der Waals surface area (Å²) in [4.78, 5) is 4.57. The summed E-state index contributed by atoms with van der Waals surface area (Å²) in [5.41, 5.74) is 2.30. The van der Waals surface area contributed by atoms with Gasteiger partial charge in [0.25, 0.3) is 0 Å². The van der Waals surface area contributed by atoms with Crippen LogP contribution in [0.5, 0.6) is 0 Å². The summed E-state index contributed by atoms with van der Waals surface area (Å²) in [7, 11) is 0. The Morgan fingerprint density at radius 1 is 1.44 bits per heavy atom. The van der Waals surface area contributed by atoms with E-state index >= 15 is 0 Å². The molecule has 1 atom stereocenters. The van der Waals surface area contributed by atoms with Crippen LogP contribution < -0.4 is 5.32 Å². The molecule has 1 fully saturated rings. The maximum Gasteiger partial charge on any atom is 0.106 e. The summed E-state index contributed by atoms with van der Waals surface area (Å²) in [5, 5.41) is 3.54. The zero-order valence-electron chi connectivity index (χ0n) is 10.7. The number of imidazole rings is 1. The Morgan fingerprint density at radius 2 is 2.33 bits per heavy atom. The first kappa shape index (κ1) is 11.7. The molecule has 1 N–H and O–H groups in total. The maximum absolute atomic E-state index is 5.36. The van der Waals surface area contributed by atoms with Crippen molar-refractivity contribution in [3.8, 4) is 0 Å². The Morgan fingerprint density at radius 3 is 3.17 bits per heavy atom. The lowest BCUT2D eigenvalue weighted by molar-refractivity contribution is 0.190. The number of aryl methyl sites for hydroxylation is 1. The third-order valence-corrected chi connectivity index (χ3v) is 3.54. The lowest BCUT2D eigenvalue weighted by Gasteiger charge is -2.12. The normalized spacial score (nSPS) is 19.7. The van der Waals surface area contributed by atoms with Gasteiger partial charge >= 0.3 is 0 Å². The van der Waals surface area contributed by atoms with Crippen LogP contribution in [0.3, 0.4) is 0 Å². The minimum atomic E-state index is 0.528. The van der Waals surface area contributed by atoms with Gasteiger partial charge in [-0.15, -0.1) is 0 Å². The van der Waals surface area contributed by atoms with Gasteiger partial charge in [-0.25, -0.2) is 4.98 Å². The minimum Gasteiger partial charge on any atom is -0.380 e. The Kier molecular flexibility index (Phi) is 3.30. The topological polar surface area (TPSA) is 39.1 Å². The summed E-state index contributed by atoms with van der Waals surface area (Å²) >= 11 is 0. The average Bonchev–Trinajstić information content (AvgIpc) is 2.98. The number of ether oxygens (including phenoxy) is 1. The van der Waals surface area contributed by atoms with Gasteiger partial charge < -0.3 is 14.6 Å². The van der Waals surface area contributed by atoms with E-state index in [0.29, 0.717) is 6.04 Å². The zero-order chi connectivity index (χ0) is 12.4. The Labute approximate surface area is 107 Å². The number of benzene rings is 1. The molecular weight excluding hydrogens is 226 g/mol. The van der Waals surface area contributed by atoms with Crippen LogP contribution in [0.1, 0.15) is 12.2 Å². The second kappa shape index (κ2) is 5.08. The van der Waals surface area contributed by atoms with Gasteiger partial charge in [0.1, 0.15) is 5.82 Å². The molecule has 2 heterocycles. The van der Waals surface area contributed by atoms with Crippen molar-refractivity contribution in [2.24, 2.45) is 0 Å². The highest BCUT2D eigenvalue weighted by Crippen LogP contribution is 2.15. The fraction of sp³-hybridized carbons (Fsp3) is 0.500. The van der Waals surface area contributed by atoms with Crippen LogP contribution in [0.15, 0.2) is 24.3 Å². The van der Waals surface area contributed by atoms with Gasteiger partial charge in [0.2, 0.25) is 0 Å². The van der Waals surface area contributed by atoms with E-state index in [1.54, 1.807) is 0 Å². The molecule has 1 aromatic heterocycles. The third kappa shape index (κ3) is 2.26. The van der Waals surface area contributed by atoms with Crippen molar-refractivity contribution >= 4 is 11.0 Å². The third-order valence-electron chi connectivity index (χ3n) is 3.54. The van der Waals surface area contributed by atoms with Gasteiger partial charge in [-0.3, -0.25) is 0 Å². The molecule has 96 valence electrons. The van der Waals surface area contributed by atoms with Crippen molar-refractivity contribution < 1.29 is 4.74 Å². The van der Waals surface area contributed by atoms with Crippen molar-refractivity contribution in [3.63, 3.8) is 0 Å². The van der Waals surface area contributed by atoms with Crippen molar-refractivity contribution in [2.45, 2.75) is 25.9 Å². The lowest BCUT2D eigenvalue weighted by Crippen LogP contribution is -2.32. The first-order chi connectivity index (χ1) is 8.84. The van der Waals surface area contributed by atoms with E-state index in [0.717, 1.165) is 44.1 Å². The monoisotopic (exact) mass is 245 g/mol. The molecular formula is C14H19N3O. The largest absolute Gasteiger partial charge is 0.380 e. The van der Waals surface area contributed by atoms with Gasteiger partial charge in [0, 0.05) is 25.7 Å². The molecule has 1 aliphatic rings. The maximum atomic E-state index is 5.36. The molecule has 0 spiro atoms. The average molecular weight is 245 g/mol. The molecule has 0 bridgehead atoms. The van der Waals surface area contributed by atoms with E-state index in [1.807, 2.05) is 6.07 Å². The predicted molar refractivity (Wildman–Crippen MR) is 71.7 cm³/mol. The van der Waals surface area contributed by atoms with Crippen molar-refractivity contribution in [3.05, 3.63) is 30.1 Å². The van der Waals surface area contributed by atoms with Gasteiger partial charge in [-0.2, -0.15) is 0 Å². The van der Waals surface area contributed by atoms with Crippen molar-refractivity contribution in [2.75, 3.05) is 19.8 Å². The van der Waals surface area contributed by atoms with E-state index in [1.165, 1.54) is 5.52 Å². The predicted octanol–water partition coefficient (Wildman–Crippen LogP) is 1.72. The van der Waals surface area contributed by atoms with Gasteiger partial charge in [0.05, 0.1) is 17.6 Å². The summed E-state index contributed by atoms with van der Waals surface area (Å²) in [6, 6.07) is 8.83. The molecule has 1 saturated heterocycles. The molecule has 0 saturated carbocycles. The van der Waals surface area contributed by atoms with E-state index in [4.69, 9.17) is 4.74 Å². The highest BCUT2D eigenvalue weighted by Gasteiger charge is 2.14. The molecule has 3 rings (SSSR count). The number of fused-ring (bicyclic) bond motifs is 1. The van der Waals surface area contributed by atoms with E-state index < -0.39 is 0 Å². The second-order valence-electron chi connectivity index (χ2n) is 4.81. The number of aromatic nitrogens is 2. The highest BCUT2D eigenvalue weighted by molar-refractivity contribution is 5.75. The Bertz CT molecular complexity index is 529. The molecule has 4 nitrogen and oxygen atoms in total. The highest BCUT2D eigenvalue weighted by atomic mass is 16.5. The fourth-order valence-corrected chi connectivity index (χ4v) is 2.55. The molecule has 2 aromatic rings. The van der Waals surface area contributed by atoms with Crippen molar-refractivity contribution in [1.29, 1.82) is 0 Å². The number of hydrogen-bond acceptors (Lipinski definition) is 3. The van der Waals surface area contributed by atoms with Gasteiger partial charge in [-0.05, 0) is 25.5 Å². The summed E-state index contributed by atoms with van der Waals surface area (Å²) in [5.74, 6) is 1.08. The Hall–Kier alpha value is -1.39. The smallest absolute Gasteiger partial charge is 0.106 e. The van der Waals surface area contributed by atoms with E-state index in [-0.39, 0.29) is 0 Å². The van der Waals surface area contributed by atoms with Crippen LogP contribution in [-0.4, -0.2) is 35.4 Å². The van der Waals surface area contributed by atoms with Crippen LogP contribution in [0, 0.1) is 6.92 Å². The van der Waals surface area contributed by atoms with E-state index in [9.17, 15) is 0 Å². The molecule has 1 unspecified atom stereocenters. The molecule has 1 aromatic carbocycles. The lowest BCUT2D eigenvalue weighted by atomic mass is 10.2. The van der Waals surface area contributed by atoms with E-state index in [2.05, 4.69) is 40.0 Å². The van der Waals surface area contributed by atoms with Crippen LogP contribution in [0.25, 0.3) is 11.0 Å². The number of nitrogens with zero attached hydrogens (tertiary/aromatic N) is 2. The SMILES string of the molecule is Cc1nc2ccccc2n1CCNC1CCOC1. The van der Waals surface area contributed by atoms with Crippen LogP contribution in [0.2, 0.25) is 0 Å². The zero-order valence-corrected chi connectivity index (χ0v) is 10.7. The summed E-state index contributed by atoms with van der Waals surface area (Å²) in [6.07, 6.45) is 1.13.